The molecule has 51 heavy (non-hydrogen) atoms. The van der Waals surface area contributed by atoms with Crippen LogP contribution in [0.2, 0.25) is 0 Å². The number of aromatic amines is 2. The van der Waals surface area contributed by atoms with E-state index in [9.17, 15) is 0 Å². The first-order chi connectivity index (χ1) is 25.1. The molecule has 0 saturated heterocycles. The molecule has 0 atom stereocenters. The van der Waals surface area contributed by atoms with Gasteiger partial charge < -0.3 is 9.97 Å². The molecule has 5 heteroatoms. The SMILES string of the molecule is CCCCCCCCCCCCN=Cc1[nH]c(-c2ccc(-c3[nH]c(C=NCCCCCCCCCCCC)c(CC)c3CC)s2)c(CC)c1CC. The number of aliphatic imine (C=N–C) groups is 2. The second-order valence-electron chi connectivity index (χ2n) is 14.8. The molecule has 0 fully saturated rings. The molecule has 2 N–H and O–H groups in total. The number of hydrogen-bond acceptors (Lipinski definition) is 3. The zero-order chi connectivity index (χ0) is 36.5. The first-order valence-corrected chi connectivity index (χ1v) is 22.5. The largest absolute Gasteiger partial charge is 0.353 e. The average Bonchev–Trinajstić information content (AvgIpc) is 3.87. The van der Waals surface area contributed by atoms with Crippen LogP contribution in [-0.2, 0) is 25.7 Å². The lowest BCUT2D eigenvalue weighted by molar-refractivity contribution is 0.558. The molecular weight excluding hydrogens is 641 g/mol. The zero-order valence-electron chi connectivity index (χ0n) is 34.0. The van der Waals surface area contributed by atoms with Crippen LogP contribution < -0.4 is 0 Å². The van der Waals surface area contributed by atoms with Crippen LogP contribution in [0.15, 0.2) is 22.1 Å². The normalized spacial score (nSPS) is 12.0. The molecule has 0 aliphatic rings. The lowest BCUT2D eigenvalue weighted by Gasteiger charge is -2.03. The van der Waals surface area contributed by atoms with Gasteiger partial charge in [-0.15, -0.1) is 11.3 Å². The van der Waals surface area contributed by atoms with Gasteiger partial charge in [-0.05, 0) is 72.9 Å². The van der Waals surface area contributed by atoms with Crippen molar-refractivity contribution in [2.45, 2.75) is 196 Å². The van der Waals surface area contributed by atoms with Gasteiger partial charge in [0.15, 0.2) is 0 Å². The Morgan fingerprint density at radius 3 is 1.06 bits per heavy atom. The summed E-state index contributed by atoms with van der Waals surface area (Å²) >= 11 is 1.90. The summed E-state index contributed by atoms with van der Waals surface area (Å²) in [6.45, 7) is 15.6. The topological polar surface area (TPSA) is 56.3 Å². The Balaban J connectivity index is 1.58. The molecular formula is C46H76N4S. The average molecular weight is 717 g/mol. The third-order valence-corrected chi connectivity index (χ3v) is 11.9. The molecule has 0 aliphatic heterocycles. The van der Waals surface area contributed by atoms with E-state index in [1.165, 1.54) is 183 Å². The smallest absolute Gasteiger partial charge is 0.0602 e. The van der Waals surface area contributed by atoms with Gasteiger partial charge in [-0.2, -0.15) is 0 Å². The van der Waals surface area contributed by atoms with Gasteiger partial charge in [0.2, 0.25) is 0 Å². The molecule has 3 aromatic rings. The predicted molar refractivity (Wildman–Crippen MR) is 230 cm³/mol. The van der Waals surface area contributed by atoms with Crippen molar-refractivity contribution < 1.29 is 0 Å². The Kier molecular flexibility index (Phi) is 22.2. The Morgan fingerprint density at radius 1 is 0.431 bits per heavy atom. The van der Waals surface area contributed by atoms with Crippen molar-refractivity contribution in [1.82, 2.24) is 9.97 Å². The minimum atomic E-state index is 0.926. The van der Waals surface area contributed by atoms with E-state index in [0.717, 1.165) is 38.8 Å². The molecule has 0 bridgehead atoms. The summed E-state index contributed by atoms with van der Waals surface area (Å²) in [4.78, 5) is 20.1. The molecule has 0 saturated carbocycles. The molecule has 0 unspecified atom stereocenters. The standard InChI is InChI=1S/C46H76N4S/c1-7-13-15-17-19-21-23-25-27-29-33-47-35-41-37(9-3)39(11-5)45(49-41)43-31-32-44(51-43)46-40(12-6)38(10-4)42(50-46)36-48-34-30-28-26-24-22-20-18-16-14-8-2/h31-32,35-36,49-50H,7-30,33-34H2,1-6H3. The van der Waals surface area contributed by atoms with E-state index in [0.29, 0.717) is 0 Å². The van der Waals surface area contributed by atoms with Crippen LogP contribution >= 0.6 is 11.3 Å². The summed E-state index contributed by atoms with van der Waals surface area (Å²) in [6.07, 6.45) is 35.6. The van der Waals surface area contributed by atoms with Gasteiger partial charge in [-0.1, -0.05) is 157 Å². The third kappa shape index (κ3) is 14.5. The summed E-state index contributed by atoms with van der Waals surface area (Å²) < 4.78 is 0. The second-order valence-corrected chi connectivity index (χ2v) is 15.8. The van der Waals surface area contributed by atoms with E-state index >= 15 is 0 Å². The molecule has 0 radical (unpaired) electrons. The number of rotatable bonds is 30. The maximum atomic E-state index is 4.89. The van der Waals surface area contributed by atoms with Gasteiger partial charge >= 0.3 is 0 Å². The molecule has 3 rings (SSSR count). The van der Waals surface area contributed by atoms with Crippen LogP contribution in [0.25, 0.3) is 21.1 Å². The van der Waals surface area contributed by atoms with Crippen molar-refractivity contribution in [3.8, 4) is 21.1 Å². The summed E-state index contributed by atoms with van der Waals surface area (Å²) in [5.74, 6) is 0. The highest BCUT2D eigenvalue weighted by Crippen LogP contribution is 2.39. The van der Waals surface area contributed by atoms with Gasteiger partial charge in [0.1, 0.15) is 0 Å². The molecule has 3 aromatic heterocycles. The van der Waals surface area contributed by atoms with Crippen molar-refractivity contribution in [3.05, 3.63) is 45.8 Å². The van der Waals surface area contributed by atoms with E-state index in [-0.39, 0.29) is 0 Å². The van der Waals surface area contributed by atoms with Crippen LogP contribution in [0, 0.1) is 0 Å². The number of H-pyrrole nitrogens is 2. The number of thiophene rings is 1. The highest BCUT2D eigenvalue weighted by molar-refractivity contribution is 7.18. The number of nitrogens with zero attached hydrogens (tertiary/aromatic N) is 2. The van der Waals surface area contributed by atoms with Crippen molar-refractivity contribution in [2.24, 2.45) is 9.98 Å². The van der Waals surface area contributed by atoms with Crippen LogP contribution in [0.3, 0.4) is 0 Å². The predicted octanol–water partition coefficient (Wildman–Crippen LogP) is 14.7. The van der Waals surface area contributed by atoms with Gasteiger partial charge in [0, 0.05) is 25.5 Å². The van der Waals surface area contributed by atoms with E-state index in [1.807, 2.05) is 11.3 Å². The number of aromatic nitrogens is 2. The minimum absolute atomic E-state index is 0.926. The maximum Gasteiger partial charge on any atom is 0.0602 e. The molecule has 286 valence electrons. The molecule has 0 aliphatic carbocycles. The number of nitrogens with one attached hydrogen (secondary N) is 2. The van der Waals surface area contributed by atoms with Gasteiger partial charge in [0.05, 0.1) is 32.5 Å². The first kappa shape index (κ1) is 43.0. The lowest BCUT2D eigenvalue weighted by Crippen LogP contribution is -1.93. The lowest BCUT2D eigenvalue weighted by atomic mass is 10.0. The molecule has 0 spiro atoms. The Labute approximate surface area is 318 Å². The molecule has 3 heterocycles. The van der Waals surface area contributed by atoms with E-state index in [2.05, 4.69) is 76.1 Å². The fraction of sp³-hybridized carbons (Fsp3) is 0.696. The quantitative estimate of drug-likeness (QED) is 0.0510. The monoisotopic (exact) mass is 717 g/mol. The first-order valence-electron chi connectivity index (χ1n) is 21.7. The molecule has 0 amide bonds. The fourth-order valence-electron chi connectivity index (χ4n) is 7.73. The Morgan fingerprint density at radius 2 is 0.745 bits per heavy atom. The fourth-order valence-corrected chi connectivity index (χ4v) is 8.79. The summed E-state index contributed by atoms with van der Waals surface area (Å²) in [7, 11) is 0. The van der Waals surface area contributed by atoms with E-state index in [1.54, 1.807) is 0 Å². The second kappa shape index (κ2) is 26.4. The van der Waals surface area contributed by atoms with Crippen molar-refractivity contribution >= 4 is 23.8 Å². The minimum Gasteiger partial charge on any atom is -0.353 e. The number of hydrogen-bond donors (Lipinski definition) is 2. The summed E-state index contributed by atoms with van der Waals surface area (Å²) in [6, 6.07) is 4.64. The summed E-state index contributed by atoms with van der Waals surface area (Å²) in [5, 5.41) is 0. The zero-order valence-corrected chi connectivity index (χ0v) is 34.8. The molecule has 0 aromatic carbocycles. The van der Waals surface area contributed by atoms with Crippen LogP contribution in [-0.4, -0.2) is 35.5 Å². The summed E-state index contributed by atoms with van der Waals surface area (Å²) in [5.41, 5.74) is 10.7. The van der Waals surface area contributed by atoms with E-state index in [4.69, 9.17) is 9.98 Å². The third-order valence-electron chi connectivity index (χ3n) is 10.7. The van der Waals surface area contributed by atoms with Crippen molar-refractivity contribution in [2.75, 3.05) is 13.1 Å². The van der Waals surface area contributed by atoms with E-state index < -0.39 is 0 Å². The van der Waals surface area contributed by atoms with Gasteiger partial charge in [-0.3, -0.25) is 9.98 Å². The van der Waals surface area contributed by atoms with Crippen LogP contribution in [0.1, 0.15) is 204 Å². The van der Waals surface area contributed by atoms with Crippen LogP contribution in [0.4, 0.5) is 0 Å². The van der Waals surface area contributed by atoms with Crippen molar-refractivity contribution in [3.63, 3.8) is 0 Å². The van der Waals surface area contributed by atoms with Crippen molar-refractivity contribution in [1.29, 1.82) is 0 Å². The van der Waals surface area contributed by atoms with Gasteiger partial charge in [0.25, 0.3) is 0 Å². The Bertz CT molecular complexity index is 1280. The highest BCUT2D eigenvalue weighted by atomic mass is 32.1. The Hall–Kier alpha value is -2.40. The highest BCUT2D eigenvalue weighted by Gasteiger charge is 2.20. The van der Waals surface area contributed by atoms with Crippen LogP contribution in [0.5, 0.6) is 0 Å². The van der Waals surface area contributed by atoms with Gasteiger partial charge in [-0.25, -0.2) is 0 Å². The maximum absolute atomic E-state index is 4.89. The number of unbranched alkanes of at least 4 members (excludes halogenated alkanes) is 18. The molecule has 4 nitrogen and oxygen atoms in total.